The Morgan fingerprint density at radius 3 is 2.32 bits per heavy atom. The van der Waals surface area contributed by atoms with E-state index in [1.165, 1.54) is 5.56 Å². The van der Waals surface area contributed by atoms with Crippen molar-refractivity contribution in [2.45, 2.75) is 30.8 Å². The van der Waals surface area contributed by atoms with Crippen LogP contribution in [0, 0.1) is 0 Å². The molecule has 0 radical (unpaired) electrons. The molecule has 142 valence electrons. The van der Waals surface area contributed by atoms with E-state index in [2.05, 4.69) is 45.8 Å². The zero-order valence-corrected chi connectivity index (χ0v) is 16.7. The standard InChI is InChI=1S/C21H22N6S/c1-15(2)28-21-25-24-20(26(21)14-16-9-5-3-6-10-16)18-13-23-27(19(18)22)17-11-7-4-8-12-17/h3-13,15H,14,22H2,1-2H3. The predicted octanol–water partition coefficient (Wildman–Crippen LogP) is 4.26. The van der Waals surface area contributed by atoms with Crippen molar-refractivity contribution < 1.29 is 0 Å². The Labute approximate surface area is 168 Å². The fourth-order valence-electron chi connectivity index (χ4n) is 3.00. The number of anilines is 1. The maximum atomic E-state index is 6.45. The third-order valence-electron chi connectivity index (χ3n) is 4.29. The number of para-hydroxylation sites is 1. The maximum absolute atomic E-state index is 6.45. The first kappa shape index (κ1) is 18.3. The number of nitrogens with zero attached hydrogens (tertiary/aromatic N) is 5. The molecule has 0 fully saturated rings. The minimum Gasteiger partial charge on any atom is -0.383 e. The van der Waals surface area contributed by atoms with Gasteiger partial charge >= 0.3 is 0 Å². The van der Waals surface area contributed by atoms with Crippen molar-refractivity contribution in [3.63, 3.8) is 0 Å². The molecule has 28 heavy (non-hydrogen) atoms. The third-order valence-corrected chi connectivity index (χ3v) is 5.27. The maximum Gasteiger partial charge on any atom is 0.192 e. The number of nitrogen functional groups attached to an aromatic ring is 1. The summed E-state index contributed by atoms with van der Waals surface area (Å²) in [5, 5.41) is 14.7. The van der Waals surface area contributed by atoms with Gasteiger partial charge in [0.2, 0.25) is 0 Å². The molecule has 0 amide bonds. The van der Waals surface area contributed by atoms with Crippen LogP contribution >= 0.6 is 11.8 Å². The van der Waals surface area contributed by atoms with Gasteiger partial charge in [0.05, 0.1) is 24.0 Å². The summed E-state index contributed by atoms with van der Waals surface area (Å²) >= 11 is 1.69. The van der Waals surface area contributed by atoms with Crippen LogP contribution in [-0.4, -0.2) is 29.8 Å². The summed E-state index contributed by atoms with van der Waals surface area (Å²) in [5.74, 6) is 1.28. The molecule has 0 atom stereocenters. The van der Waals surface area contributed by atoms with Crippen molar-refractivity contribution in [1.29, 1.82) is 0 Å². The van der Waals surface area contributed by atoms with Gasteiger partial charge in [0.1, 0.15) is 5.82 Å². The van der Waals surface area contributed by atoms with Crippen molar-refractivity contribution in [2.75, 3.05) is 5.73 Å². The van der Waals surface area contributed by atoms with Gasteiger partial charge in [0, 0.05) is 5.25 Å². The van der Waals surface area contributed by atoms with Crippen molar-refractivity contribution >= 4 is 17.6 Å². The molecule has 0 aliphatic heterocycles. The van der Waals surface area contributed by atoms with Crippen molar-refractivity contribution in [1.82, 2.24) is 24.5 Å². The lowest BCUT2D eigenvalue weighted by Crippen LogP contribution is -2.07. The van der Waals surface area contributed by atoms with Crippen LogP contribution in [0.2, 0.25) is 0 Å². The molecule has 0 spiro atoms. The summed E-state index contributed by atoms with van der Waals surface area (Å²) in [5.41, 5.74) is 9.33. The molecule has 2 aromatic heterocycles. The lowest BCUT2D eigenvalue weighted by Gasteiger charge is -2.11. The molecule has 0 saturated heterocycles. The number of thioether (sulfide) groups is 1. The topological polar surface area (TPSA) is 74.6 Å². The number of hydrogen-bond acceptors (Lipinski definition) is 5. The molecular formula is C21H22N6S. The van der Waals surface area contributed by atoms with Crippen molar-refractivity contribution in [2.24, 2.45) is 0 Å². The fourth-order valence-corrected chi connectivity index (χ4v) is 3.79. The number of hydrogen-bond donors (Lipinski definition) is 1. The lowest BCUT2D eigenvalue weighted by atomic mass is 10.2. The van der Waals surface area contributed by atoms with Gasteiger partial charge in [-0.2, -0.15) is 5.10 Å². The average molecular weight is 391 g/mol. The Kier molecular flexibility index (Phi) is 5.16. The van der Waals surface area contributed by atoms with Crippen LogP contribution in [0.4, 0.5) is 5.82 Å². The summed E-state index contributed by atoms with van der Waals surface area (Å²) in [7, 11) is 0. The molecule has 7 heteroatoms. The molecule has 0 bridgehead atoms. The number of aromatic nitrogens is 5. The minimum absolute atomic E-state index is 0.399. The zero-order chi connectivity index (χ0) is 19.5. The van der Waals surface area contributed by atoms with Gasteiger partial charge in [0.25, 0.3) is 0 Å². The summed E-state index contributed by atoms with van der Waals surface area (Å²) < 4.78 is 3.84. The van der Waals surface area contributed by atoms with E-state index in [0.29, 0.717) is 17.6 Å². The Hall–Kier alpha value is -3.06. The smallest absolute Gasteiger partial charge is 0.192 e. The second kappa shape index (κ2) is 7.90. The fraction of sp³-hybridized carbons (Fsp3) is 0.190. The first-order chi connectivity index (χ1) is 13.6. The van der Waals surface area contributed by atoms with Crippen LogP contribution in [0.25, 0.3) is 17.1 Å². The van der Waals surface area contributed by atoms with E-state index in [4.69, 9.17) is 5.73 Å². The molecule has 2 heterocycles. The van der Waals surface area contributed by atoms with E-state index < -0.39 is 0 Å². The molecule has 4 aromatic rings. The molecule has 4 rings (SSSR count). The molecule has 6 nitrogen and oxygen atoms in total. The molecular weight excluding hydrogens is 368 g/mol. The van der Waals surface area contributed by atoms with Gasteiger partial charge in [-0.1, -0.05) is 74.1 Å². The van der Waals surface area contributed by atoms with Gasteiger partial charge in [-0.3, -0.25) is 4.57 Å². The monoisotopic (exact) mass is 390 g/mol. The highest BCUT2D eigenvalue weighted by atomic mass is 32.2. The highest BCUT2D eigenvalue weighted by molar-refractivity contribution is 7.99. The van der Waals surface area contributed by atoms with E-state index in [9.17, 15) is 0 Å². The third kappa shape index (κ3) is 3.66. The quantitative estimate of drug-likeness (QED) is 0.498. The summed E-state index contributed by atoms with van der Waals surface area (Å²) in [6.45, 7) is 4.97. The van der Waals surface area contributed by atoms with Crippen molar-refractivity contribution in [3.8, 4) is 17.1 Å². The number of benzene rings is 2. The van der Waals surface area contributed by atoms with E-state index >= 15 is 0 Å². The normalized spacial score (nSPS) is 11.2. The summed E-state index contributed by atoms with van der Waals surface area (Å²) in [6, 6.07) is 20.1. The molecule has 0 aliphatic carbocycles. The van der Waals surface area contributed by atoms with Crippen LogP contribution in [0.15, 0.2) is 72.0 Å². The van der Waals surface area contributed by atoms with Crippen LogP contribution < -0.4 is 5.73 Å². The second-order valence-electron chi connectivity index (χ2n) is 6.74. The molecule has 2 N–H and O–H groups in total. The van der Waals surface area contributed by atoms with E-state index in [1.807, 2.05) is 48.5 Å². The van der Waals surface area contributed by atoms with Crippen LogP contribution in [0.5, 0.6) is 0 Å². The lowest BCUT2D eigenvalue weighted by molar-refractivity contribution is 0.713. The van der Waals surface area contributed by atoms with Crippen LogP contribution in [0.3, 0.4) is 0 Å². The van der Waals surface area contributed by atoms with Gasteiger partial charge in [-0.05, 0) is 17.7 Å². The Morgan fingerprint density at radius 2 is 1.64 bits per heavy atom. The Morgan fingerprint density at radius 1 is 0.964 bits per heavy atom. The van der Waals surface area contributed by atoms with Crippen LogP contribution in [-0.2, 0) is 6.54 Å². The summed E-state index contributed by atoms with van der Waals surface area (Å²) in [4.78, 5) is 0. The Bertz CT molecular complexity index is 1050. The van der Waals surface area contributed by atoms with E-state index in [0.717, 1.165) is 22.2 Å². The number of nitrogens with two attached hydrogens (primary N) is 1. The van der Waals surface area contributed by atoms with Gasteiger partial charge < -0.3 is 5.73 Å². The first-order valence-corrected chi connectivity index (χ1v) is 10.0. The summed E-state index contributed by atoms with van der Waals surface area (Å²) in [6.07, 6.45) is 1.76. The zero-order valence-electron chi connectivity index (χ0n) is 15.9. The largest absolute Gasteiger partial charge is 0.383 e. The average Bonchev–Trinajstić information content (AvgIpc) is 3.26. The van der Waals surface area contributed by atoms with Gasteiger partial charge in [0.15, 0.2) is 11.0 Å². The number of rotatable bonds is 6. The predicted molar refractivity (Wildman–Crippen MR) is 114 cm³/mol. The minimum atomic E-state index is 0.399. The van der Waals surface area contributed by atoms with Gasteiger partial charge in [-0.15, -0.1) is 10.2 Å². The first-order valence-electron chi connectivity index (χ1n) is 9.16. The van der Waals surface area contributed by atoms with E-state index in [1.54, 1.807) is 22.6 Å². The second-order valence-corrected chi connectivity index (χ2v) is 8.28. The SMILES string of the molecule is CC(C)Sc1nnc(-c2cnn(-c3ccccc3)c2N)n1Cc1ccccc1. The van der Waals surface area contributed by atoms with Crippen LogP contribution in [0.1, 0.15) is 19.4 Å². The highest BCUT2D eigenvalue weighted by Crippen LogP contribution is 2.31. The highest BCUT2D eigenvalue weighted by Gasteiger charge is 2.20. The van der Waals surface area contributed by atoms with Crippen molar-refractivity contribution in [3.05, 3.63) is 72.4 Å². The molecule has 0 aliphatic rings. The molecule has 2 aromatic carbocycles. The molecule has 0 unspecified atom stereocenters. The van der Waals surface area contributed by atoms with Gasteiger partial charge in [-0.25, -0.2) is 4.68 Å². The molecule has 0 saturated carbocycles. The Balaban J connectivity index is 1.78. The van der Waals surface area contributed by atoms with E-state index in [-0.39, 0.29) is 0 Å².